The van der Waals surface area contributed by atoms with E-state index in [1.165, 1.54) is 12.1 Å². The normalized spacial score (nSPS) is 21.4. The SMILES string of the molecule is Cn1c(CC(=O)N[C@H]2CCOC2)c2n(c1=S)C[C@H](c1cc(F)cc(F)c1)C2. The summed E-state index contributed by atoms with van der Waals surface area (Å²) in [5.41, 5.74) is 2.44. The molecule has 1 amide bonds. The van der Waals surface area contributed by atoms with Crippen LogP contribution in [0.3, 0.4) is 0 Å². The lowest BCUT2D eigenvalue weighted by Crippen LogP contribution is -2.36. The van der Waals surface area contributed by atoms with Crippen molar-refractivity contribution in [3.63, 3.8) is 0 Å². The number of aromatic nitrogens is 2. The molecule has 1 aromatic heterocycles. The smallest absolute Gasteiger partial charge is 0.226 e. The Balaban J connectivity index is 1.56. The molecule has 1 saturated heterocycles. The molecule has 4 rings (SSSR count). The highest BCUT2D eigenvalue weighted by atomic mass is 32.1. The van der Waals surface area contributed by atoms with E-state index in [2.05, 4.69) is 5.32 Å². The number of nitrogens with zero attached hydrogens (tertiary/aromatic N) is 2. The average Bonchev–Trinajstić information content (AvgIpc) is 3.30. The molecule has 5 nitrogen and oxygen atoms in total. The summed E-state index contributed by atoms with van der Waals surface area (Å²) < 4.78 is 36.9. The monoisotopic (exact) mass is 393 g/mol. The number of imidazole rings is 1. The largest absolute Gasteiger partial charge is 0.379 e. The second-order valence-corrected chi connectivity index (χ2v) is 7.62. The van der Waals surface area contributed by atoms with Gasteiger partial charge in [-0.3, -0.25) is 4.79 Å². The molecule has 2 atom stereocenters. The second-order valence-electron chi connectivity index (χ2n) is 7.25. The Hall–Kier alpha value is -2.06. The maximum atomic E-state index is 13.6. The first-order valence-corrected chi connectivity index (χ1v) is 9.43. The fourth-order valence-electron chi connectivity index (χ4n) is 4.03. The Morgan fingerprint density at radius 1 is 1.33 bits per heavy atom. The number of fused-ring (bicyclic) bond motifs is 1. The summed E-state index contributed by atoms with van der Waals surface area (Å²) in [5.74, 6) is -1.28. The lowest BCUT2D eigenvalue weighted by atomic mass is 9.96. The van der Waals surface area contributed by atoms with Crippen molar-refractivity contribution in [1.29, 1.82) is 0 Å². The summed E-state index contributed by atoms with van der Waals surface area (Å²) in [6.07, 6.45) is 1.65. The number of hydrogen-bond donors (Lipinski definition) is 1. The van der Waals surface area contributed by atoms with Crippen molar-refractivity contribution in [1.82, 2.24) is 14.5 Å². The van der Waals surface area contributed by atoms with E-state index in [4.69, 9.17) is 17.0 Å². The number of carbonyl (C=O) groups excluding carboxylic acids is 1. The van der Waals surface area contributed by atoms with Crippen LogP contribution < -0.4 is 5.32 Å². The minimum atomic E-state index is -0.580. The summed E-state index contributed by atoms with van der Waals surface area (Å²) >= 11 is 5.52. The van der Waals surface area contributed by atoms with Gasteiger partial charge in [-0.1, -0.05) is 0 Å². The Labute approximate surface area is 160 Å². The number of ether oxygens (including phenoxy) is 1. The molecule has 27 heavy (non-hydrogen) atoms. The third-order valence-corrected chi connectivity index (χ3v) is 5.90. The molecular formula is C19H21F2N3O2S. The molecule has 0 aliphatic carbocycles. The minimum absolute atomic E-state index is 0.0573. The standard InChI is InChI=1S/C19H21F2N3O2S/c1-23-16(8-18(25)22-15-2-3-26-10-15)17-6-12(9-24(17)19(23)27)11-4-13(20)7-14(21)5-11/h4-5,7,12,15H,2-3,6,8-10H2,1H3,(H,22,25)/t12-,15+/m1/s1. The molecule has 2 aliphatic heterocycles. The molecular weight excluding hydrogens is 372 g/mol. The van der Waals surface area contributed by atoms with Gasteiger partial charge < -0.3 is 19.2 Å². The van der Waals surface area contributed by atoms with Crippen molar-refractivity contribution in [2.24, 2.45) is 7.05 Å². The molecule has 0 unspecified atom stereocenters. The topological polar surface area (TPSA) is 48.2 Å². The Morgan fingerprint density at radius 2 is 2.07 bits per heavy atom. The van der Waals surface area contributed by atoms with E-state index >= 15 is 0 Å². The fourth-order valence-corrected chi connectivity index (χ4v) is 4.32. The zero-order chi connectivity index (χ0) is 19.1. The molecule has 1 fully saturated rings. The van der Waals surface area contributed by atoms with Gasteiger partial charge in [0.05, 0.1) is 19.1 Å². The molecule has 3 heterocycles. The quantitative estimate of drug-likeness (QED) is 0.813. The summed E-state index contributed by atoms with van der Waals surface area (Å²) in [6.45, 7) is 1.77. The maximum Gasteiger partial charge on any atom is 0.226 e. The van der Waals surface area contributed by atoms with Crippen molar-refractivity contribution in [3.05, 3.63) is 51.6 Å². The van der Waals surface area contributed by atoms with Crippen molar-refractivity contribution >= 4 is 18.1 Å². The number of carbonyl (C=O) groups is 1. The summed E-state index contributed by atoms with van der Waals surface area (Å²) in [4.78, 5) is 12.4. The van der Waals surface area contributed by atoms with Crippen LogP contribution in [0.2, 0.25) is 0 Å². The van der Waals surface area contributed by atoms with Crippen molar-refractivity contribution in [2.75, 3.05) is 13.2 Å². The van der Waals surface area contributed by atoms with Crippen molar-refractivity contribution in [3.8, 4) is 0 Å². The van der Waals surface area contributed by atoms with E-state index in [-0.39, 0.29) is 24.3 Å². The van der Waals surface area contributed by atoms with Gasteiger partial charge in [-0.15, -0.1) is 0 Å². The van der Waals surface area contributed by atoms with Gasteiger partial charge in [-0.25, -0.2) is 8.78 Å². The van der Waals surface area contributed by atoms with Crippen LogP contribution in [-0.2, 0) is 36.0 Å². The first-order chi connectivity index (χ1) is 12.9. The van der Waals surface area contributed by atoms with Crippen LogP contribution in [0, 0.1) is 16.4 Å². The highest BCUT2D eigenvalue weighted by Crippen LogP contribution is 2.33. The van der Waals surface area contributed by atoms with Crippen LogP contribution in [0.5, 0.6) is 0 Å². The Kier molecular flexibility index (Phi) is 4.86. The predicted molar refractivity (Wildman–Crippen MR) is 98.1 cm³/mol. The summed E-state index contributed by atoms with van der Waals surface area (Å²) in [7, 11) is 1.85. The zero-order valence-electron chi connectivity index (χ0n) is 15.0. The van der Waals surface area contributed by atoms with Crippen LogP contribution >= 0.6 is 12.2 Å². The van der Waals surface area contributed by atoms with Gasteiger partial charge in [0, 0.05) is 43.6 Å². The lowest BCUT2D eigenvalue weighted by Gasteiger charge is -2.13. The van der Waals surface area contributed by atoms with Gasteiger partial charge >= 0.3 is 0 Å². The highest BCUT2D eigenvalue weighted by Gasteiger charge is 2.30. The van der Waals surface area contributed by atoms with E-state index in [1.54, 1.807) is 0 Å². The molecule has 144 valence electrons. The van der Waals surface area contributed by atoms with Crippen LogP contribution in [0.4, 0.5) is 8.78 Å². The summed E-state index contributed by atoms with van der Waals surface area (Å²) in [6, 6.07) is 3.68. The van der Waals surface area contributed by atoms with Crippen LogP contribution in [0.1, 0.15) is 29.3 Å². The Morgan fingerprint density at radius 3 is 2.74 bits per heavy atom. The van der Waals surface area contributed by atoms with E-state index in [9.17, 15) is 13.6 Å². The molecule has 1 aromatic carbocycles. The van der Waals surface area contributed by atoms with Gasteiger partial charge in [-0.2, -0.15) is 0 Å². The fraction of sp³-hybridized carbons (Fsp3) is 0.474. The lowest BCUT2D eigenvalue weighted by molar-refractivity contribution is -0.121. The molecule has 0 radical (unpaired) electrons. The average molecular weight is 393 g/mol. The molecule has 2 aliphatic rings. The summed E-state index contributed by atoms with van der Waals surface area (Å²) in [5, 5.41) is 2.99. The van der Waals surface area contributed by atoms with E-state index in [0.717, 1.165) is 23.9 Å². The van der Waals surface area contributed by atoms with Gasteiger partial charge in [0.15, 0.2) is 4.77 Å². The van der Waals surface area contributed by atoms with Gasteiger partial charge in [0.25, 0.3) is 0 Å². The van der Waals surface area contributed by atoms with Crippen LogP contribution in [-0.4, -0.2) is 34.3 Å². The predicted octanol–water partition coefficient (Wildman–Crippen LogP) is 2.62. The number of rotatable bonds is 4. The number of amides is 1. The maximum absolute atomic E-state index is 13.6. The van der Waals surface area contributed by atoms with Gasteiger partial charge in [0.1, 0.15) is 11.6 Å². The third kappa shape index (κ3) is 3.55. The van der Waals surface area contributed by atoms with E-state index in [1.807, 2.05) is 16.2 Å². The van der Waals surface area contributed by atoms with Gasteiger partial charge in [-0.05, 0) is 42.8 Å². The first-order valence-electron chi connectivity index (χ1n) is 9.02. The molecule has 0 spiro atoms. The molecule has 2 aromatic rings. The molecule has 0 saturated carbocycles. The number of benzene rings is 1. The minimum Gasteiger partial charge on any atom is -0.379 e. The van der Waals surface area contributed by atoms with Crippen LogP contribution in [0.15, 0.2) is 18.2 Å². The van der Waals surface area contributed by atoms with E-state index < -0.39 is 11.6 Å². The third-order valence-electron chi connectivity index (χ3n) is 5.40. The second kappa shape index (κ2) is 7.16. The van der Waals surface area contributed by atoms with Crippen molar-refractivity contribution in [2.45, 2.75) is 37.8 Å². The first kappa shape index (κ1) is 18.3. The number of hydrogen-bond acceptors (Lipinski definition) is 3. The zero-order valence-corrected chi connectivity index (χ0v) is 15.8. The molecule has 1 N–H and O–H groups in total. The Bertz CT molecular complexity index is 927. The molecule has 8 heteroatoms. The van der Waals surface area contributed by atoms with E-state index in [0.29, 0.717) is 36.5 Å². The number of nitrogens with one attached hydrogen (secondary N) is 1. The van der Waals surface area contributed by atoms with Crippen LogP contribution in [0.25, 0.3) is 0 Å². The number of halogens is 2. The highest BCUT2D eigenvalue weighted by molar-refractivity contribution is 7.71. The van der Waals surface area contributed by atoms with Gasteiger partial charge in [0.2, 0.25) is 5.91 Å². The molecule has 0 bridgehead atoms. The van der Waals surface area contributed by atoms with Crippen molar-refractivity contribution < 1.29 is 18.3 Å².